The van der Waals surface area contributed by atoms with Crippen molar-refractivity contribution in [2.45, 2.75) is 4.90 Å². The fourth-order valence-electron chi connectivity index (χ4n) is 1.61. The van der Waals surface area contributed by atoms with E-state index in [-0.39, 0.29) is 0 Å². The van der Waals surface area contributed by atoms with Gasteiger partial charge >= 0.3 is 0 Å². The Balaban J connectivity index is 2.41. The van der Waals surface area contributed by atoms with Crippen molar-refractivity contribution in [2.24, 2.45) is 0 Å². The van der Waals surface area contributed by atoms with Gasteiger partial charge in [-0.2, -0.15) is 5.26 Å². The van der Waals surface area contributed by atoms with Crippen molar-refractivity contribution in [3.63, 3.8) is 0 Å². The number of nitrogens with two attached hydrogens (primary N) is 1. The van der Waals surface area contributed by atoms with Crippen LogP contribution in [0, 0.1) is 11.3 Å². The van der Waals surface area contributed by atoms with Gasteiger partial charge in [-0.05, 0) is 36.6 Å². The van der Waals surface area contributed by atoms with Gasteiger partial charge in [0.05, 0.1) is 5.69 Å². The molecule has 0 unspecified atom stereocenters. The number of rotatable bonds is 3. The summed E-state index contributed by atoms with van der Waals surface area (Å²) in [5, 5.41) is 9.24. The summed E-state index contributed by atoms with van der Waals surface area (Å²) in [5.41, 5.74) is 6.93. The fourth-order valence-corrected chi connectivity index (χ4v) is 2.55. The quantitative estimate of drug-likeness (QED) is 0.666. The van der Waals surface area contributed by atoms with Crippen molar-refractivity contribution in [2.75, 3.05) is 12.0 Å². The molecule has 2 aromatic carbocycles. The van der Waals surface area contributed by atoms with Gasteiger partial charge in [-0.15, -0.1) is 11.8 Å². The van der Waals surface area contributed by atoms with E-state index in [9.17, 15) is 5.26 Å². The maximum atomic E-state index is 9.24. The van der Waals surface area contributed by atoms with Crippen molar-refractivity contribution in [1.29, 1.82) is 5.26 Å². The first-order chi connectivity index (χ1) is 9.15. The molecular weight excluding hydrogens is 324 g/mol. The zero-order chi connectivity index (χ0) is 13.8. The second kappa shape index (κ2) is 6.00. The van der Waals surface area contributed by atoms with Gasteiger partial charge in [0.1, 0.15) is 23.1 Å². The lowest BCUT2D eigenvalue weighted by Crippen LogP contribution is -1.94. The highest BCUT2D eigenvalue weighted by Gasteiger charge is 2.11. The molecule has 0 saturated carbocycles. The van der Waals surface area contributed by atoms with E-state index in [4.69, 9.17) is 10.5 Å². The first-order valence-corrected chi connectivity index (χ1v) is 7.47. The third-order valence-electron chi connectivity index (χ3n) is 2.51. The van der Waals surface area contributed by atoms with Crippen LogP contribution in [-0.2, 0) is 0 Å². The first kappa shape index (κ1) is 13.8. The van der Waals surface area contributed by atoms with Crippen molar-refractivity contribution in [1.82, 2.24) is 0 Å². The van der Waals surface area contributed by atoms with Gasteiger partial charge in [0.25, 0.3) is 0 Å². The minimum atomic E-state index is 0.517. The number of ether oxygens (including phenoxy) is 1. The molecule has 0 aromatic heterocycles. The molecule has 2 N–H and O–H groups in total. The summed E-state index contributed by atoms with van der Waals surface area (Å²) in [6.45, 7) is 0. The average Bonchev–Trinajstić information content (AvgIpc) is 2.41. The molecule has 0 aliphatic heterocycles. The lowest BCUT2D eigenvalue weighted by atomic mass is 10.2. The number of thioether (sulfide) groups is 1. The summed E-state index contributed by atoms with van der Waals surface area (Å²) in [7, 11) is 0. The number of benzene rings is 2. The van der Waals surface area contributed by atoms with E-state index >= 15 is 0 Å². The summed E-state index contributed by atoms with van der Waals surface area (Å²) in [6.07, 6.45) is 1.92. The highest BCUT2D eigenvalue weighted by molar-refractivity contribution is 9.10. The summed E-state index contributed by atoms with van der Waals surface area (Å²) in [4.78, 5) is 0.885. The fraction of sp³-hybridized carbons (Fsp3) is 0.0714. The molecule has 0 atom stereocenters. The van der Waals surface area contributed by atoms with Crippen LogP contribution in [0.4, 0.5) is 5.69 Å². The summed E-state index contributed by atoms with van der Waals surface area (Å²) in [6, 6.07) is 13.1. The van der Waals surface area contributed by atoms with E-state index < -0.39 is 0 Å². The predicted octanol–water partition coefficient (Wildman–Crippen LogP) is 4.42. The molecule has 0 aliphatic carbocycles. The summed E-state index contributed by atoms with van der Waals surface area (Å²) in [5.74, 6) is 1.06. The van der Waals surface area contributed by atoms with Gasteiger partial charge in [0, 0.05) is 9.37 Å². The molecule has 2 rings (SSSR count). The van der Waals surface area contributed by atoms with Crippen LogP contribution in [0.3, 0.4) is 0 Å². The Bertz CT molecular complexity index is 652. The molecule has 0 saturated heterocycles. The van der Waals surface area contributed by atoms with Crippen LogP contribution in [-0.4, -0.2) is 6.26 Å². The van der Waals surface area contributed by atoms with Crippen molar-refractivity contribution in [3.8, 4) is 17.6 Å². The van der Waals surface area contributed by atoms with E-state index in [0.717, 1.165) is 9.37 Å². The largest absolute Gasteiger partial charge is 0.454 e. The molecule has 0 spiro atoms. The minimum Gasteiger partial charge on any atom is -0.454 e. The SMILES string of the molecule is CSc1cccc(Oc2ccc(Br)cc2N)c1C#N. The molecule has 96 valence electrons. The lowest BCUT2D eigenvalue weighted by Gasteiger charge is -2.11. The second-order valence-electron chi connectivity index (χ2n) is 3.73. The molecule has 3 nitrogen and oxygen atoms in total. The zero-order valence-corrected chi connectivity index (χ0v) is 12.6. The van der Waals surface area contributed by atoms with E-state index in [1.54, 1.807) is 18.2 Å². The molecule has 0 heterocycles. The average molecular weight is 335 g/mol. The van der Waals surface area contributed by atoms with Crippen LogP contribution in [0.1, 0.15) is 5.56 Å². The van der Waals surface area contributed by atoms with Gasteiger partial charge in [0.2, 0.25) is 0 Å². The Hall–Kier alpha value is -1.64. The lowest BCUT2D eigenvalue weighted by molar-refractivity contribution is 0.482. The Kier molecular flexibility index (Phi) is 4.35. The number of anilines is 1. The number of nitrogens with zero attached hydrogens (tertiary/aromatic N) is 1. The predicted molar refractivity (Wildman–Crippen MR) is 81.6 cm³/mol. The van der Waals surface area contributed by atoms with Crippen LogP contribution in [0.2, 0.25) is 0 Å². The topological polar surface area (TPSA) is 59.0 Å². The summed E-state index contributed by atoms with van der Waals surface area (Å²) >= 11 is 4.85. The highest BCUT2D eigenvalue weighted by Crippen LogP contribution is 2.34. The molecule has 0 bridgehead atoms. The first-order valence-electron chi connectivity index (χ1n) is 5.45. The second-order valence-corrected chi connectivity index (χ2v) is 5.49. The zero-order valence-electron chi connectivity index (χ0n) is 10.2. The van der Waals surface area contributed by atoms with Gasteiger partial charge < -0.3 is 10.5 Å². The molecule has 0 amide bonds. The van der Waals surface area contributed by atoms with Crippen LogP contribution in [0.5, 0.6) is 11.5 Å². The van der Waals surface area contributed by atoms with E-state index in [0.29, 0.717) is 22.7 Å². The van der Waals surface area contributed by atoms with Gasteiger partial charge in [-0.25, -0.2) is 0 Å². The number of nitrogen functional groups attached to an aromatic ring is 1. The normalized spacial score (nSPS) is 9.95. The standard InChI is InChI=1S/C14H11BrN2OS/c1-19-14-4-2-3-12(10(14)8-16)18-13-6-5-9(15)7-11(13)17/h2-7H,17H2,1H3. The van der Waals surface area contributed by atoms with Crippen molar-refractivity contribution < 1.29 is 4.74 Å². The van der Waals surface area contributed by atoms with Crippen molar-refractivity contribution in [3.05, 3.63) is 46.4 Å². The Morgan fingerprint density at radius 1 is 1.26 bits per heavy atom. The molecule has 19 heavy (non-hydrogen) atoms. The molecule has 0 radical (unpaired) electrons. The van der Waals surface area contributed by atoms with E-state index in [2.05, 4.69) is 22.0 Å². The maximum Gasteiger partial charge on any atom is 0.150 e. The van der Waals surface area contributed by atoms with Gasteiger partial charge in [-0.3, -0.25) is 0 Å². The van der Waals surface area contributed by atoms with Crippen LogP contribution < -0.4 is 10.5 Å². The van der Waals surface area contributed by atoms with Crippen LogP contribution in [0.15, 0.2) is 45.8 Å². The molecule has 5 heteroatoms. The highest BCUT2D eigenvalue weighted by atomic mass is 79.9. The molecular formula is C14H11BrN2OS. The smallest absolute Gasteiger partial charge is 0.150 e. The monoisotopic (exact) mass is 334 g/mol. The Morgan fingerprint density at radius 2 is 2.05 bits per heavy atom. The molecule has 0 aliphatic rings. The number of halogens is 1. The minimum absolute atomic E-state index is 0.517. The molecule has 2 aromatic rings. The maximum absolute atomic E-state index is 9.24. The summed E-state index contributed by atoms with van der Waals surface area (Å²) < 4.78 is 6.63. The Morgan fingerprint density at radius 3 is 2.68 bits per heavy atom. The van der Waals surface area contributed by atoms with Gasteiger partial charge in [0.15, 0.2) is 0 Å². The third-order valence-corrected chi connectivity index (χ3v) is 3.78. The van der Waals surface area contributed by atoms with E-state index in [1.165, 1.54) is 11.8 Å². The van der Waals surface area contributed by atoms with Gasteiger partial charge in [-0.1, -0.05) is 22.0 Å². The number of hydrogen-bond acceptors (Lipinski definition) is 4. The van der Waals surface area contributed by atoms with Crippen LogP contribution in [0.25, 0.3) is 0 Å². The van der Waals surface area contributed by atoms with Crippen LogP contribution >= 0.6 is 27.7 Å². The molecule has 0 fully saturated rings. The van der Waals surface area contributed by atoms with Crippen molar-refractivity contribution >= 4 is 33.4 Å². The number of hydrogen-bond donors (Lipinski definition) is 1. The number of nitriles is 1. The third kappa shape index (κ3) is 3.03. The van der Waals surface area contributed by atoms with E-state index in [1.807, 2.05) is 24.5 Å². The Labute approximate surface area is 124 Å².